The molecular weight excluding hydrogens is 320 g/mol. The summed E-state index contributed by atoms with van der Waals surface area (Å²) in [4.78, 5) is 41.1. The first-order valence-corrected chi connectivity index (χ1v) is 9.30. The van der Waals surface area contributed by atoms with E-state index in [9.17, 15) is 14.4 Å². The summed E-state index contributed by atoms with van der Waals surface area (Å²) < 4.78 is 2.60. The molecule has 0 aromatic carbocycles. The molecule has 2 aliphatic heterocycles. The Kier molecular flexibility index (Phi) is 5.30. The molecule has 1 atom stereocenters. The Morgan fingerprint density at radius 2 is 1.64 bits per heavy atom. The highest BCUT2D eigenvalue weighted by Crippen LogP contribution is 2.24. The van der Waals surface area contributed by atoms with Gasteiger partial charge in [-0.15, -0.1) is 0 Å². The highest BCUT2D eigenvalue weighted by atomic mass is 16.2. The Morgan fingerprint density at radius 1 is 0.960 bits per heavy atom. The summed E-state index contributed by atoms with van der Waals surface area (Å²) in [5.74, 6) is 0.799. The summed E-state index contributed by atoms with van der Waals surface area (Å²) in [6.45, 7) is 3.07. The first-order valence-electron chi connectivity index (χ1n) is 9.30. The fourth-order valence-electron chi connectivity index (χ4n) is 3.96. The Labute approximate surface area is 147 Å². The van der Waals surface area contributed by atoms with Gasteiger partial charge in [-0.05, 0) is 25.7 Å². The number of aromatic nitrogens is 2. The van der Waals surface area contributed by atoms with Crippen LogP contribution in [0.25, 0.3) is 0 Å². The maximum absolute atomic E-state index is 12.9. The molecule has 7 nitrogen and oxygen atoms in total. The van der Waals surface area contributed by atoms with Gasteiger partial charge in [-0.1, -0.05) is 12.8 Å². The first-order chi connectivity index (χ1) is 12.0. The average molecular weight is 348 g/mol. The van der Waals surface area contributed by atoms with Crippen molar-refractivity contribution >= 4 is 11.7 Å². The molecule has 2 saturated heterocycles. The summed E-state index contributed by atoms with van der Waals surface area (Å²) in [6, 6.07) is 1.50. The van der Waals surface area contributed by atoms with Crippen molar-refractivity contribution in [3.05, 3.63) is 26.9 Å². The number of hydrogen-bond acceptors (Lipinski definition) is 4. The zero-order valence-electron chi connectivity index (χ0n) is 15.2. The molecule has 1 amide bonds. The van der Waals surface area contributed by atoms with Crippen molar-refractivity contribution in [1.29, 1.82) is 0 Å². The second-order valence-electron chi connectivity index (χ2n) is 7.27. The molecule has 0 aliphatic carbocycles. The van der Waals surface area contributed by atoms with Crippen molar-refractivity contribution in [2.75, 3.05) is 31.1 Å². The van der Waals surface area contributed by atoms with E-state index in [-0.39, 0.29) is 23.1 Å². The van der Waals surface area contributed by atoms with Crippen LogP contribution in [0.5, 0.6) is 0 Å². The number of rotatable bonds is 2. The molecule has 1 aromatic heterocycles. The van der Waals surface area contributed by atoms with Gasteiger partial charge in [0.15, 0.2) is 0 Å². The predicted molar refractivity (Wildman–Crippen MR) is 96.9 cm³/mol. The summed E-state index contributed by atoms with van der Waals surface area (Å²) in [5, 5.41) is 0. The van der Waals surface area contributed by atoms with Crippen molar-refractivity contribution in [3.63, 3.8) is 0 Å². The van der Waals surface area contributed by atoms with Crippen LogP contribution in [0.3, 0.4) is 0 Å². The minimum Gasteiger partial charge on any atom is -0.357 e. The molecule has 0 unspecified atom stereocenters. The molecule has 2 aliphatic rings. The molecule has 3 heterocycles. The predicted octanol–water partition coefficient (Wildman–Crippen LogP) is 0.703. The van der Waals surface area contributed by atoms with Gasteiger partial charge < -0.3 is 9.80 Å². The van der Waals surface area contributed by atoms with E-state index in [0.29, 0.717) is 12.4 Å². The van der Waals surface area contributed by atoms with Crippen molar-refractivity contribution in [2.24, 2.45) is 20.0 Å². The lowest BCUT2D eigenvalue weighted by molar-refractivity contribution is -0.135. The van der Waals surface area contributed by atoms with Crippen molar-refractivity contribution in [2.45, 2.75) is 38.5 Å². The van der Waals surface area contributed by atoms with Gasteiger partial charge in [-0.25, -0.2) is 4.79 Å². The molecule has 138 valence electrons. The minimum absolute atomic E-state index is 0.0500. The SMILES string of the molecule is Cn1c(N2CCC[C@H](C(=O)N3CCCCCC3)C2)cc(=O)n(C)c1=O. The fourth-order valence-corrected chi connectivity index (χ4v) is 3.96. The van der Waals surface area contributed by atoms with Gasteiger partial charge in [-0.2, -0.15) is 0 Å². The maximum atomic E-state index is 12.9. The standard InChI is InChI=1S/C18H28N4O3/c1-19-15(12-16(23)20(2)18(19)25)22-11-7-8-14(13-22)17(24)21-9-5-3-4-6-10-21/h12,14H,3-11,13H2,1-2H3/t14-/m0/s1. The monoisotopic (exact) mass is 348 g/mol. The van der Waals surface area contributed by atoms with Crippen LogP contribution >= 0.6 is 0 Å². The van der Waals surface area contributed by atoms with Gasteiger partial charge in [0, 0.05) is 46.3 Å². The Hall–Kier alpha value is -2.05. The van der Waals surface area contributed by atoms with E-state index in [1.165, 1.54) is 30.5 Å². The molecule has 0 radical (unpaired) electrons. The zero-order chi connectivity index (χ0) is 18.0. The number of likely N-dealkylation sites (tertiary alicyclic amines) is 1. The molecule has 2 fully saturated rings. The van der Waals surface area contributed by atoms with Crippen LogP contribution in [0, 0.1) is 5.92 Å². The lowest BCUT2D eigenvalue weighted by Crippen LogP contribution is -2.47. The number of piperidine rings is 1. The van der Waals surface area contributed by atoms with Crippen LogP contribution in [0.1, 0.15) is 38.5 Å². The maximum Gasteiger partial charge on any atom is 0.332 e. The van der Waals surface area contributed by atoms with E-state index in [1.807, 2.05) is 9.80 Å². The normalized spacial score (nSPS) is 21.9. The summed E-state index contributed by atoms with van der Waals surface area (Å²) in [5.41, 5.74) is -0.637. The Balaban J connectivity index is 1.78. The lowest BCUT2D eigenvalue weighted by Gasteiger charge is -2.36. The van der Waals surface area contributed by atoms with E-state index >= 15 is 0 Å². The van der Waals surface area contributed by atoms with Gasteiger partial charge in [0.1, 0.15) is 5.82 Å². The highest BCUT2D eigenvalue weighted by Gasteiger charge is 2.30. The van der Waals surface area contributed by atoms with Crippen molar-refractivity contribution in [1.82, 2.24) is 14.0 Å². The smallest absolute Gasteiger partial charge is 0.332 e. The first kappa shape index (κ1) is 17.8. The molecule has 0 N–H and O–H groups in total. The van der Waals surface area contributed by atoms with Crippen molar-refractivity contribution < 1.29 is 4.79 Å². The van der Waals surface area contributed by atoms with Crippen LogP contribution in [0.15, 0.2) is 15.7 Å². The van der Waals surface area contributed by atoms with Gasteiger partial charge in [0.25, 0.3) is 5.56 Å². The summed E-state index contributed by atoms with van der Waals surface area (Å²) >= 11 is 0. The average Bonchev–Trinajstić information content (AvgIpc) is 2.92. The lowest BCUT2D eigenvalue weighted by atomic mass is 9.96. The van der Waals surface area contributed by atoms with E-state index in [4.69, 9.17) is 0 Å². The molecule has 7 heteroatoms. The molecular formula is C18H28N4O3. The molecule has 0 spiro atoms. The molecule has 0 saturated carbocycles. The molecule has 1 aromatic rings. The topological polar surface area (TPSA) is 67.6 Å². The number of carbonyl (C=O) groups is 1. The fraction of sp³-hybridized carbons (Fsp3) is 0.722. The van der Waals surface area contributed by atoms with E-state index in [0.717, 1.165) is 49.9 Å². The van der Waals surface area contributed by atoms with Gasteiger partial charge in [0.2, 0.25) is 5.91 Å². The third kappa shape index (κ3) is 3.65. The van der Waals surface area contributed by atoms with Gasteiger partial charge >= 0.3 is 5.69 Å². The number of hydrogen-bond donors (Lipinski definition) is 0. The molecule has 0 bridgehead atoms. The van der Waals surface area contributed by atoms with Crippen LogP contribution in [-0.2, 0) is 18.9 Å². The van der Waals surface area contributed by atoms with E-state index in [1.54, 1.807) is 7.05 Å². The molecule has 25 heavy (non-hydrogen) atoms. The number of amides is 1. The minimum atomic E-state index is -0.330. The zero-order valence-corrected chi connectivity index (χ0v) is 15.2. The highest BCUT2D eigenvalue weighted by molar-refractivity contribution is 5.79. The van der Waals surface area contributed by atoms with E-state index in [2.05, 4.69) is 0 Å². The van der Waals surface area contributed by atoms with Crippen LogP contribution < -0.4 is 16.1 Å². The summed E-state index contributed by atoms with van der Waals surface area (Å²) in [6.07, 6.45) is 6.36. The van der Waals surface area contributed by atoms with Crippen molar-refractivity contribution in [3.8, 4) is 0 Å². The quantitative estimate of drug-likeness (QED) is 0.789. The number of carbonyl (C=O) groups excluding carboxylic acids is 1. The van der Waals surface area contributed by atoms with E-state index < -0.39 is 0 Å². The van der Waals surface area contributed by atoms with Crippen LogP contribution in [0.4, 0.5) is 5.82 Å². The largest absolute Gasteiger partial charge is 0.357 e. The van der Waals surface area contributed by atoms with Gasteiger partial charge in [0.05, 0.1) is 5.92 Å². The number of anilines is 1. The summed E-state index contributed by atoms with van der Waals surface area (Å²) in [7, 11) is 3.16. The second kappa shape index (κ2) is 7.45. The van der Waals surface area contributed by atoms with Crippen LogP contribution in [-0.4, -0.2) is 46.1 Å². The Morgan fingerprint density at radius 3 is 2.32 bits per heavy atom. The number of nitrogens with zero attached hydrogens (tertiary/aromatic N) is 4. The molecule has 3 rings (SSSR count). The van der Waals surface area contributed by atoms with Gasteiger partial charge in [-0.3, -0.25) is 18.7 Å². The van der Waals surface area contributed by atoms with Crippen LogP contribution in [0.2, 0.25) is 0 Å². The second-order valence-corrected chi connectivity index (χ2v) is 7.27. The third-order valence-corrected chi connectivity index (χ3v) is 5.51. The Bertz CT molecular complexity index is 744. The third-order valence-electron chi connectivity index (χ3n) is 5.51.